The van der Waals surface area contributed by atoms with E-state index in [-0.39, 0.29) is 5.91 Å². The molecular weight excluding hydrogens is 346 g/mol. The first-order valence-electron chi connectivity index (χ1n) is 8.87. The van der Waals surface area contributed by atoms with Crippen molar-refractivity contribution in [3.63, 3.8) is 0 Å². The number of carbonyl (C=O) groups is 1. The standard InChI is InChI=1S/C19H21N5OS/c25-19(16-10-15-13-22-23-18(15)20-12-16)21-11-14-4-6-17(7-5-14)26-24-8-2-1-3-9-24/h4-7,10,12-13H,1-3,8-9,11H2,(H,21,25)(H,20,22,23). The van der Waals surface area contributed by atoms with Gasteiger partial charge in [0.2, 0.25) is 0 Å². The highest BCUT2D eigenvalue weighted by Gasteiger charge is 2.11. The fourth-order valence-corrected chi connectivity index (χ4v) is 4.02. The van der Waals surface area contributed by atoms with Crippen molar-refractivity contribution in [2.75, 3.05) is 13.1 Å². The van der Waals surface area contributed by atoms with Gasteiger partial charge in [-0.2, -0.15) is 5.10 Å². The van der Waals surface area contributed by atoms with Gasteiger partial charge in [-0.3, -0.25) is 9.89 Å². The van der Waals surface area contributed by atoms with Gasteiger partial charge in [-0.15, -0.1) is 0 Å². The van der Waals surface area contributed by atoms with E-state index in [1.54, 1.807) is 18.5 Å². The van der Waals surface area contributed by atoms with Gasteiger partial charge in [-0.05, 0) is 48.6 Å². The molecule has 134 valence electrons. The Hall–Kier alpha value is -2.38. The highest BCUT2D eigenvalue weighted by Crippen LogP contribution is 2.26. The molecule has 3 heterocycles. The summed E-state index contributed by atoms with van der Waals surface area (Å²) in [6.07, 6.45) is 7.15. The van der Waals surface area contributed by atoms with Crippen molar-refractivity contribution in [3.05, 3.63) is 53.9 Å². The third-order valence-electron chi connectivity index (χ3n) is 4.48. The Kier molecular flexibility index (Phi) is 5.17. The van der Waals surface area contributed by atoms with Crippen LogP contribution in [-0.4, -0.2) is 38.5 Å². The number of hydrogen-bond donors (Lipinski definition) is 2. The molecule has 0 aliphatic carbocycles. The molecule has 0 saturated carbocycles. The van der Waals surface area contributed by atoms with Crippen LogP contribution in [-0.2, 0) is 6.54 Å². The van der Waals surface area contributed by atoms with Crippen LogP contribution in [0.2, 0.25) is 0 Å². The molecular formula is C19H21N5OS. The Labute approximate surface area is 156 Å². The molecule has 1 aromatic carbocycles. The number of nitrogens with one attached hydrogen (secondary N) is 2. The highest BCUT2D eigenvalue weighted by atomic mass is 32.2. The van der Waals surface area contributed by atoms with Crippen molar-refractivity contribution in [1.82, 2.24) is 24.8 Å². The maximum Gasteiger partial charge on any atom is 0.253 e. The Morgan fingerprint density at radius 3 is 2.77 bits per heavy atom. The number of pyridine rings is 1. The van der Waals surface area contributed by atoms with Crippen LogP contribution in [0.1, 0.15) is 35.2 Å². The Morgan fingerprint density at radius 1 is 1.15 bits per heavy atom. The second-order valence-corrected chi connectivity index (χ2v) is 7.61. The summed E-state index contributed by atoms with van der Waals surface area (Å²) in [4.78, 5) is 17.8. The fraction of sp³-hybridized carbons (Fsp3) is 0.316. The largest absolute Gasteiger partial charge is 0.348 e. The molecule has 1 amide bonds. The van der Waals surface area contributed by atoms with Gasteiger partial charge in [-0.1, -0.05) is 18.6 Å². The number of piperidine rings is 1. The molecule has 1 aliphatic heterocycles. The molecule has 1 aliphatic rings. The van der Waals surface area contributed by atoms with E-state index in [4.69, 9.17) is 0 Å². The lowest BCUT2D eigenvalue weighted by molar-refractivity contribution is 0.0950. The molecule has 0 atom stereocenters. The summed E-state index contributed by atoms with van der Waals surface area (Å²) in [6.45, 7) is 2.83. The number of hydrogen-bond acceptors (Lipinski definition) is 5. The molecule has 2 aromatic heterocycles. The van der Waals surface area contributed by atoms with Gasteiger partial charge in [-0.25, -0.2) is 9.29 Å². The lowest BCUT2D eigenvalue weighted by Gasteiger charge is -2.25. The molecule has 0 spiro atoms. The lowest BCUT2D eigenvalue weighted by atomic mass is 10.2. The van der Waals surface area contributed by atoms with Gasteiger partial charge in [0, 0.05) is 36.1 Å². The topological polar surface area (TPSA) is 73.9 Å². The second kappa shape index (κ2) is 7.88. The van der Waals surface area contributed by atoms with Gasteiger partial charge >= 0.3 is 0 Å². The third-order valence-corrected chi connectivity index (χ3v) is 5.59. The first kappa shape index (κ1) is 17.1. The molecule has 0 unspecified atom stereocenters. The minimum Gasteiger partial charge on any atom is -0.348 e. The summed E-state index contributed by atoms with van der Waals surface area (Å²) in [5.74, 6) is -0.132. The number of rotatable bonds is 5. The third kappa shape index (κ3) is 4.05. The summed E-state index contributed by atoms with van der Waals surface area (Å²) in [7, 11) is 0. The number of aromatic amines is 1. The maximum absolute atomic E-state index is 12.3. The van der Waals surface area contributed by atoms with Gasteiger partial charge < -0.3 is 5.32 Å². The Balaban J connectivity index is 1.32. The maximum atomic E-state index is 12.3. The van der Waals surface area contributed by atoms with E-state index in [9.17, 15) is 4.79 Å². The first-order chi connectivity index (χ1) is 12.8. The van der Waals surface area contributed by atoms with E-state index in [1.807, 2.05) is 11.9 Å². The summed E-state index contributed by atoms with van der Waals surface area (Å²) in [5.41, 5.74) is 2.30. The molecule has 0 radical (unpaired) electrons. The SMILES string of the molecule is O=C(NCc1ccc(SN2CCCCC2)cc1)c1cnc2[nH]ncc2c1. The fourth-order valence-electron chi connectivity index (χ4n) is 3.02. The van der Waals surface area contributed by atoms with Crippen molar-refractivity contribution in [3.8, 4) is 0 Å². The number of H-pyrrole nitrogens is 1. The van der Waals surface area contributed by atoms with Gasteiger partial charge in [0.05, 0.1) is 11.8 Å². The Morgan fingerprint density at radius 2 is 1.96 bits per heavy atom. The first-order valence-corrected chi connectivity index (χ1v) is 9.64. The molecule has 6 nitrogen and oxygen atoms in total. The van der Waals surface area contributed by atoms with Crippen LogP contribution in [0.4, 0.5) is 0 Å². The van der Waals surface area contributed by atoms with E-state index >= 15 is 0 Å². The predicted octanol–water partition coefficient (Wildman–Crippen LogP) is 3.38. The summed E-state index contributed by atoms with van der Waals surface area (Å²) < 4.78 is 2.43. The van der Waals surface area contributed by atoms with E-state index < -0.39 is 0 Å². The average molecular weight is 367 g/mol. The molecule has 7 heteroatoms. The average Bonchev–Trinajstić information content (AvgIpc) is 3.16. The highest BCUT2D eigenvalue weighted by molar-refractivity contribution is 7.97. The van der Waals surface area contributed by atoms with Crippen molar-refractivity contribution in [1.29, 1.82) is 0 Å². The van der Waals surface area contributed by atoms with Crippen LogP contribution in [0.5, 0.6) is 0 Å². The zero-order valence-corrected chi connectivity index (χ0v) is 15.3. The summed E-state index contributed by atoms with van der Waals surface area (Å²) in [6, 6.07) is 10.2. The zero-order valence-electron chi connectivity index (χ0n) is 14.4. The summed E-state index contributed by atoms with van der Waals surface area (Å²) >= 11 is 1.83. The number of fused-ring (bicyclic) bond motifs is 1. The van der Waals surface area contributed by atoms with Crippen molar-refractivity contribution >= 4 is 28.9 Å². The number of aromatic nitrogens is 3. The van der Waals surface area contributed by atoms with Crippen LogP contribution < -0.4 is 5.32 Å². The molecule has 1 saturated heterocycles. The molecule has 4 rings (SSSR count). The smallest absolute Gasteiger partial charge is 0.253 e. The van der Waals surface area contributed by atoms with E-state index in [0.29, 0.717) is 17.8 Å². The molecule has 3 aromatic rings. The Bertz CT molecular complexity index is 886. The number of carbonyl (C=O) groups excluding carboxylic acids is 1. The molecule has 26 heavy (non-hydrogen) atoms. The monoisotopic (exact) mass is 367 g/mol. The van der Waals surface area contributed by atoms with E-state index in [2.05, 4.69) is 49.1 Å². The van der Waals surface area contributed by atoms with Gasteiger partial charge in [0.1, 0.15) is 0 Å². The summed E-state index contributed by atoms with van der Waals surface area (Å²) in [5, 5.41) is 10.5. The lowest BCUT2D eigenvalue weighted by Crippen LogP contribution is -2.23. The normalized spacial score (nSPS) is 15.2. The van der Waals surface area contributed by atoms with Crippen molar-refractivity contribution in [2.24, 2.45) is 0 Å². The second-order valence-electron chi connectivity index (χ2n) is 6.44. The number of amides is 1. The van der Waals surface area contributed by atoms with Crippen LogP contribution in [0.15, 0.2) is 47.6 Å². The molecule has 0 bridgehead atoms. The quantitative estimate of drug-likeness (QED) is 0.676. The minimum absolute atomic E-state index is 0.132. The minimum atomic E-state index is -0.132. The van der Waals surface area contributed by atoms with Crippen LogP contribution in [0.25, 0.3) is 11.0 Å². The van der Waals surface area contributed by atoms with Crippen LogP contribution >= 0.6 is 11.9 Å². The predicted molar refractivity (Wildman–Crippen MR) is 103 cm³/mol. The number of nitrogens with zero attached hydrogens (tertiary/aromatic N) is 3. The van der Waals surface area contributed by atoms with Gasteiger partial charge in [0.25, 0.3) is 5.91 Å². The zero-order chi connectivity index (χ0) is 17.8. The molecule has 2 N–H and O–H groups in total. The number of benzene rings is 1. The van der Waals surface area contributed by atoms with Crippen molar-refractivity contribution < 1.29 is 4.79 Å². The van der Waals surface area contributed by atoms with Crippen LogP contribution in [0.3, 0.4) is 0 Å². The molecule has 1 fully saturated rings. The van der Waals surface area contributed by atoms with E-state index in [1.165, 1.54) is 24.2 Å². The van der Waals surface area contributed by atoms with Crippen LogP contribution in [0, 0.1) is 0 Å². The van der Waals surface area contributed by atoms with Crippen molar-refractivity contribution in [2.45, 2.75) is 30.7 Å². The van der Waals surface area contributed by atoms with E-state index in [0.717, 1.165) is 24.0 Å². The van der Waals surface area contributed by atoms with Gasteiger partial charge in [0.15, 0.2) is 5.65 Å².